The van der Waals surface area contributed by atoms with Crippen molar-refractivity contribution in [2.75, 3.05) is 0 Å². The third-order valence-electron chi connectivity index (χ3n) is 5.00. The summed E-state index contributed by atoms with van der Waals surface area (Å²) in [4.78, 5) is 0. The van der Waals surface area contributed by atoms with Crippen LogP contribution in [0.4, 0.5) is 0 Å². The van der Waals surface area contributed by atoms with Gasteiger partial charge < -0.3 is 0 Å². The molecule has 0 nitrogen and oxygen atoms in total. The molecular weight excluding hydrogens is 436 g/mol. The molecule has 1 aliphatic rings. The average molecular weight is 454 g/mol. The van der Waals surface area contributed by atoms with Crippen molar-refractivity contribution in [3.8, 4) is 11.1 Å². The summed E-state index contributed by atoms with van der Waals surface area (Å²) in [5.41, 5.74) is 7.97. The molecule has 0 saturated heterocycles. The average Bonchev–Trinajstić information content (AvgIpc) is 2.82. The van der Waals surface area contributed by atoms with Crippen molar-refractivity contribution in [2.24, 2.45) is 0 Å². The summed E-state index contributed by atoms with van der Waals surface area (Å²) in [7, 11) is 0. The largest absolute Gasteiger partial charge is 0.0544 e. The van der Waals surface area contributed by atoms with Gasteiger partial charge in [-0.1, -0.05) is 94.3 Å². The summed E-state index contributed by atoms with van der Waals surface area (Å²) in [6.07, 6.45) is 4.36. The first-order valence-corrected chi connectivity index (χ1v) is 9.92. The van der Waals surface area contributed by atoms with Crippen LogP contribution in [0.15, 0.2) is 69.6 Å². The van der Waals surface area contributed by atoms with Gasteiger partial charge in [0.15, 0.2) is 0 Å². The lowest BCUT2D eigenvalue weighted by Gasteiger charge is -2.21. The van der Waals surface area contributed by atoms with Gasteiger partial charge in [-0.15, -0.1) is 0 Å². The summed E-state index contributed by atoms with van der Waals surface area (Å²) in [5.74, 6) is 0. The van der Waals surface area contributed by atoms with Gasteiger partial charge in [0, 0.05) is 14.4 Å². The van der Waals surface area contributed by atoms with Crippen LogP contribution in [0.2, 0.25) is 0 Å². The van der Waals surface area contributed by atoms with Crippen molar-refractivity contribution in [3.63, 3.8) is 0 Å². The second-order valence-electron chi connectivity index (χ2n) is 7.00. The predicted octanol–water partition coefficient (Wildman–Crippen LogP) is 7.69. The fourth-order valence-electron chi connectivity index (χ4n) is 3.60. The molecule has 124 valence electrons. The second-order valence-corrected chi connectivity index (χ2v) is 8.84. The van der Waals surface area contributed by atoms with Crippen LogP contribution in [-0.2, 0) is 5.41 Å². The number of halogens is 2. The van der Waals surface area contributed by atoms with Crippen molar-refractivity contribution in [2.45, 2.75) is 19.3 Å². The Kier molecular flexibility index (Phi) is 4.21. The molecule has 0 fully saturated rings. The molecule has 0 N–H and O–H groups in total. The maximum atomic E-state index is 3.62. The number of benzene rings is 3. The Morgan fingerprint density at radius 3 is 1.88 bits per heavy atom. The van der Waals surface area contributed by atoms with Crippen LogP contribution < -0.4 is 0 Å². The molecule has 0 aliphatic heterocycles. The lowest BCUT2D eigenvalue weighted by Crippen LogP contribution is -2.15. The van der Waals surface area contributed by atoms with Crippen LogP contribution >= 0.6 is 31.9 Å². The molecule has 0 heterocycles. The third-order valence-corrected chi connectivity index (χ3v) is 6.02. The standard InChI is InChI=1S/C23H18Br2/c1-23(2)21-13-16(4-3-15-5-8-17(24)9-6-15)7-11-19(21)20-12-10-18(25)14-22(20)23/h3-14H,1-2H3/b4-3+. The highest BCUT2D eigenvalue weighted by Gasteiger charge is 2.35. The fourth-order valence-corrected chi connectivity index (χ4v) is 4.22. The maximum Gasteiger partial charge on any atom is 0.0178 e. The Labute approximate surface area is 165 Å². The van der Waals surface area contributed by atoms with Crippen LogP contribution in [0.5, 0.6) is 0 Å². The highest BCUT2D eigenvalue weighted by molar-refractivity contribution is 9.10. The molecule has 0 bridgehead atoms. The molecule has 0 radical (unpaired) electrons. The van der Waals surface area contributed by atoms with E-state index in [1.54, 1.807) is 0 Å². The lowest BCUT2D eigenvalue weighted by atomic mass is 9.82. The highest BCUT2D eigenvalue weighted by Crippen LogP contribution is 2.49. The summed E-state index contributed by atoms with van der Waals surface area (Å²) >= 11 is 7.10. The molecule has 3 aromatic rings. The van der Waals surface area contributed by atoms with E-state index < -0.39 is 0 Å². The fraction of sp³-hybridized carbons (Fsp3) is 0.130. The lowest BCUT2D eigenvalue weighted by molar-refractivity contribution is 0.660. The minimum atomic E-state index is 0.0237. The van der Waals surface area contributed by atoms with Gasteiger partial charge in [0.05, 0.1) is 0 Å². The molecule has 0 saturated carbocycles. The third kappa shape index (κ3) is 3.02. The van der Waals surface area contributed by atoms with Gasteiger partial charge in [-0.2, -0.15) is 0 Å². The van der Waals surface area contributed by atoms with Crippen LogP contribution in [0.25, 0.3) is 23.3 Å². The SMILES string of the molecule is CC1(C)c2cc(Br)ccc2-c2ccc(/C=C/c3ccc(Br)cc3)cc21. The first kappa shape index (κ1) is 16.8. The van der Waals surface area contributed by atoms with E-state index in [1.807, 2.05) is 0 Å². The van der Waals surface area contributed by atoms with Crippen molar-refractivity contribution in [3.05, 3.63) is 91.9 Å². The van der Waals surface area contributed by atoms with Crippen molar-refractivity contribution < 1.29 is 0 Å². The zero-order valence-corrected chi connectivity index (χ0v) is 17.4. The molecular formula is C23H18Br2. The Hall–Kier alpha value is -1.64. The monoisotopic (exact) mass is 452 g/mol. The van der Waals surface area contributed by atoms with Crippen LogP contribution in [0.1, 0.15) is 36.1 Å². The summed E-state index contributed by atoms with van der Waals surface area (Å²) < 4.78 is 2.25. The smallest absolute Gasteiger partial charge is 0.0178 e. The van der Waals surface area contributed by atoms with E-state index in [2.05, 4.69) is 119 Å². The Balaban J connectivity index is 1.73. The van der Waals surface area contributed by atoms with Crippen LogP contribution in [-0.4, -0.2) is 0 Å². The molecule has 0 amide bonds. The van der Waals surface area contributed by atoms with Gasteiger partial charge >= 0.3 is 0 Å². The second kappa shape index (κ2) is 6.26. The van der Waals surface area contributed by atoms with E-state index >= 15 is 0 Å². The van der Waals surface area contributed by atoms with E-state index in [9.17, 15) is 0 Å². The van der Waals surface area contributed by atoms with Gasteiger partial charge in [-0.3, -0.25) is 0 Å². The molecule has 0 unspecified atom stereocenters. The van der Waals surface area contributed by atoms with Crippen LogP contribution in [0, 0.1) is 0 Å². The Bertz CT molecular complexity index is 979. The molecule has 2 heteroatoms. The van der Waals surface area contributed by atoms with Gasteiger partial charge in [0.25, 0.3) is 0 Å². The van der Waals surface area contributed by atoms with E-state index in [1.165, 1.54) is 33.4 Å². The summed E-state index contributed by atoms with van der Waals surface area (Å²) in [6, 6.07) is 21.8. The quantitative estimate of drug-likeness (QED) is 0.349. The van der Waals surface area contributed by atoms with Crippen molar-refractivity contribution in [1.82, 2.24) is 0 Å². The first-order chi connectivity index (χ1) is 11.9. The van der Waals surface area contributed by atoms with Crippen LogP contribution in [0.3, 0.4) is 0 Å². The van der Waals surface area contributed by atoms with Gasteiger partial charge in [0.1, 0.15) is 0 Å². The molecule has 1 aliphatic carbocycles. The Morgan fingerprint density at radius 2 is 1.16 bits per heavy atom. The number of fused-ring (bicyclic) bond motifs is 3. The zero-order valence-electron chi connectivity index (χ0n) is 14.2. The number of hydrogen-bond donors (Lipinski definition) is 0. The number of hydrogen-bond acceptors (Lipinski definition) is 0. The minimum Gasteiger partial charge on any atom is -0.0544 e. The van der Waals surface area contributed by atoms with Gasteiger partial charge in [-0.25, -0.2) is 0 Å². The highest BCUT2D eigenvalue weighted by atomic mass is 79.9. The molecule has 3 aromatic carbocycles. The molecule has 0 spiro atoms. The normalized spacial score (nSPS) is 14.6. The van der Waals surface area contributed by atoms with Crippen molar-refractivity contribution in [1.29, 1.82) is 0 Å². The molecule has 0 aromatic heterocycles. The molecule has 4 rings (SSSR count). The van der Waals surface area contributed by atoms with Gasteiger partial charge in [-0.05, 0) is 57.6 Å². The zero-order chi connectivity index (χ0) is 17.6. The minimum absolute atomic E-state index is 0.0237. The first-order valence-electron chi connectivity index (χ1n) is 8.34. The van der Waals surface area contributed by atoms with Gasteiger partial charge in [0.2, 0.25) is 0 Å². The molecule has 25 heavy (non-hydrogen) atoms. The summed E-state index contributed by atoms with van der Waals surface area (Å²) in [5, 5.41) is 0. The topological polar surface area (TPSA) is 0 Å². The van der Waals surface area contributed by atoms with Crippen molar-refractivity contribution >= 4 is 44.0 Å². The van der Waals surface area contributed by atoms with E-state index in [4.69, 9.17) is 0 Å². The van der Waals surface area contributed by atoms with E-state index in [-0.39, 0.29) is 5.41 Å². The van der Waals surface area contributed by atoms with E-state index in [0.717, 1.165) is 8.95 Å². The summed E-state index contributed by atoms with van der Waals surface area (Å²) in [6.45, 7) is 4.62. The predicted molar refractivity (Wildman–Crippen MR) is 115 cm³/mol. The number of rotatable bonds is 2. The van der Waals surface area contributed by atoms with E-state index in [0.29, 0.717) is 0 Å². The Morgan fingerprint density at radius 1 is 0.640 bits per heavy atom. The maximum absolute atomic E-state index is 3.62. The molecule has 0 atom stereocenters.